The summed E-state index contributed by atoms with van der Waals surface area (Å²) in [5, 5.41) is 0. The number of hydrogen-bond acceptors (Lipinski definition) is 3. The van der Waals surface area contributed by atoms with Gasteiger partial charge in [0, 0.05) is 11.3 Å². The molecule has 0 unspecified atom stereocenters. The Morgan fingerprint density at radius 3 is 2.04 bits per heavy atom. The van der Waals surface area contributed by atoms with Gasteiger partial charge in [0.15, 0.2) is 0 Å². The Hall–Kier alpha value is -3.56. The Labute approximate surface area is 151 Å². The van der Waals surface area contributed by atoms with E-state index in [1.165, 1.54) is 34.6 Å². The lowest BCUT2D eigenvalue weighted by Gasteiger charge is -2.20. The fourth-order valence-electron chi connectivity index (χ4n) is 2.11. The van der Waals surface area contributed by atoms with Crippen LogP contribution in [-0.4, -0.2) is 24.0 Å². The van der Waals surface area contributed by atoms with E-state index < -0.39 is 24.0 Å². The summed E-state index contributed by atoms with van der Waals surface area (Å²) in [5.41, 5.74) is 9.56. The third kappa shape index (κ3) is 5.46. The number of carbonyl (C=O) groups excluding carboxylic acids is 3. The van der Waals surface area contributed by atoms with Crippen LogP contribution in [0.3, 0.4) is 0 Å². The van der Waals surface area contributed by atoms with E-state index in [0.29, 0.717) is 11.3 Å². The molecule has 0 bridgehead atoms. The molecule has 0 heterocycles. The van der Waals surface area contributed by atoms with E-state index in [0.717, 1.165) is 0 Å². The van der Waals surface area contributed by atoms with Crippen molar-refractivity contribution in [2.24, 2.45) is 5.73 Å². The maximum atomic E-state index is 12.1. The van der Waals surface area contributed by atoms with Crippen LogP contribution in [0.5, 0.6) is 0 Å². The second kappa shape index (κ2) is 8.21. The van der Waals surface area contributed by atoms with Crippen LogP contribution >= 0.6 is 0 Å². The highest BCUT2D eigenvalue weighted by atomic mass is 19.4. The van der Waals surface area contributed by atoms with E-state index in [4.69, 9.17) is 5.73 Å². The predicted molar refractivity (Wildman–Crippen MR) is 90.3 cm³/mol. The number of nitrogens with zero attached hydrogens (tertiary/aromatic N) is 1. The van der Waals surface area contributed by atoms with E-state index in [-0.39, 0.29) is 12.1 Å². The van der Waals surface area contributed by atoms with Crippen LogP contribution in [-0.2, 0) is 11.3 Å². The maximum absolute atomic E-state index is 12.1. The third-order valence-corrected chi connectivity index (χ3v) is 3.44. The average Bonchev–Trinajstić information content (AvgIpc) is 2.64. The van der Waals surface area contributed by atoms with E-state index in [2.05, 4.69) is 0 Å². The molecule has 2 aromatic carbocycles. The van der Waals surface area contributed by atoms with Crippen molar-refractivity contribution in [2.75, 3.05) is 4.90 Å². The number of amides is 4. The summed E-state index contributed by atoms with van der Waals surface area (Å²) < 4.78 is 36.2. The Bertz CT molecular complexity index is 824. The number of urea groups is 1. The van der Waals surface area contributed by atoms with E-state index in [1.54, 1.807) is 35.8 Å². The Morgan fingerprint density at radius 1 is 0.926 bits per heavy atom. The number of hydrazine groups is 1. The van der Waals surface area contributed by atoms with Gasteiger partial charge in [-0.3, -0.25) is 25.3 Å². The Balaban J connectivity index is 2.03. The predicted octanol–water partition coefficient (Wildman–Crippen LogP) is 2.10. The van der Waals surface area contributed by atoms with Crippen molar-refractivity contribution in [3.63, 3.8) is 0 Å². The van der Waals surface area contributed by atoms with Crippen molar-refractivity contribution in [1.82, 2.24) is 10.9 Å². The molecule has 2 aromatic rings. The fourth-order valence-corrected chi connectivity index (χ4v) is 2.11. The van der Waals surface area contributed by atoms with Crippen LogP contribution in [0.15, 0.2) is 54.6 Å². The number of rotatable bonds is 4. The number of benzene rings is 2. The smallest absolute Gasteiger partial charge is 0.351 e. The molecule has 0 aliphatic heterocycles. The molecule has 0 radical (unpaired) electrons. The van der Waals surface area contributed by atoms with Crippen molar-refractivity contribution in [1.29, 1.82) is 0 Å². The zero-order valence-corrected chi connectivity index (χ0v) is 13.8. The summed E-state index contributed by atoms with van der Waals surface area (Å²) in [6.07, 6.45) is -5.10. The summed E-state index contributed by atoms with van der Waals surface area (Å²) >= 11 is 0. The van der Waals surface area contributed by atoms with E-state index >= 15 is 0 Å². The van der Waals surface area contributed by atoms with E-state index in [1.807, 2.05) is 0 Å². The monoisotopic (exact) mass is 380 g/mol. The van der Waals surface area contributed by atoms with Crippen LogP contribution in [0.25, 0.3) is 0 Å². The molecule has 0 aliphatic rings. The number of nitrogens with one attached hydrogen (secondary N) is 2. The van der Waals surface area contributed by atoms with Gasteiger partial charge >= 0.3 is 18.1 Å². The Morgan fingerprint density at radius 2 is 1.52 bits per heavy atom. The highest BCUT2D eigenvalue weighted by Gasteiger charge is 2.38. The van der Waals surface area contributed by atoms with Crippen LogP contribution < -0.4 is 21.5 Å². The standard InChI is InChI=1S/C17H15F3N4O3/c18-17(19,20)15(26)23-22-14(25)12-8-6-11(7-9-12)10-24(16(21)27)13-4-2-1-3-5-13/h1-9H,10H2,(H2,21,27)(H,22,25)(H,23,26). The van der Waals surface area contributed by atoms with Crippen LogP contribution in [0.2, 0.25) is 0 Å². The number of alkyl halides is 3. The normalized spacial score (nSPS) is 10.8. The lowest BCUT2D eigenvalue weighted by molar-refractivity contribution is -0.174. The largest absolute Gasteiger partial charge is 0.472 e. The van der Waals surface area contributed by atoms with Gasteiger partial charge in [-0.1, -0.05) is 30.3 Å². The molecule has 0 saturated carbocycles. The van der Waals surface area contributed by atoms with Gasteiger partial charge in [0.1, 0.15) is 0 Å². The number of primary amides is 1. The maximum Gasteiger partial charge on any atom is 0.472 e. The zero-order valence-electron chi connectivity index (χ0n) is 13.8. The molecule has 0 aromatic heterocycles. The number of nitrogens with two attached hydrogens (primary N) is 1. The first kappa shape index (κ1) is 19.8. The molecule has 142 valence electrons. The molecule has 2 rings (SSSR count). The lowest BCUT2D eigenvalue weighted by Crippen LogP contribution is -2.47. The van der Waals surface area contributed by atoms with Gasteiger partial charge in [-0.25, -0.2) is 4.79 Å². The van der Waals surface area contributed by atoms with Gasteiger partial charge < -0.3 is 5.73 Å². The summed E-state index contributed by atoms with van der Waals surface area (Å²) in [4.78, 5) is 35.4. The second-order valence-corrected chi connectivity index (χ2v) is 5.36. The second-order valence-electron chi connectivity index (χ2n) is 5.36. The zero-order chi connectivity index (χ0) is 20.0. The first-order valence-corrected chi connectivity index (χ1v) is 7.57. The molecule has 0 spiro atoms. The molecule has 4 N–H and O–H groups in total. The Kier molecular flexibility index (Phi) is 6.01. The minimum absolute atomic E-state index is 0.0200. The van der Waals surface area contributed by atoms with Gasteiger partial charge in [0.05, 0.1) is 6.54 Å². The van der Waals surface area contributed by atoms with Crippen molar-refractivity contribution >= 4 is 23.5 Å². The third-order valence-electron chi connectivity index (χ3n) is 3.44. The first-order chi connectivity index (χ1) is 12.7. The number of hydrogen-bond donors (Lipinski definition) is 3. The first-order valence-electron chi connectivity index (χ1n) is 7.57. The van der Waals surface area contributed by atoms with Crippen molar-refractivity contribution in [3.05, 3.63) is 65.7 Å². The highest BCUT2D eigenvalue weighted by molar-refractivity contribution is 5.96. The molecule has 0 fully saturated rings. The minimum atomic E-state index is -5.10. The number of halogens is 3. The molecule has 4 amide bonds. The quantitative estimate of drug-likeness (QED) is 0.708. The van der Waals surface area contributed by atoms with Gasteiger partial charge in [0.2, 0.25) is 0 Å². The van der Waals surface area contributed by atoms with Crippen molar-refractivity contribution < 1.29 is 27.6 Å². The highest BCUT2D eigenvalue weighted by Crippen LogP contribution is 2.17. The summed E-state index contributed by atoms with van der Waals surface area (Å²) in [5.74, 6) is -3.21. The molecule has 0 aliphatic carbocycles. The molecule has 7 nitrogen and oxygen atoms in total. The van der Waals surface area contributed by atoms with Crippen molar-refractivity contribution in [3.8, 4) is 0 Å². The SMILES string of the molecule is NC(=O)N(Cc1ccc(C(=O)NNC(=O)C(F)(F)F)cc1)c1ccccc1. The minimum Gasteiger partial charge on any atom is -0.351 e. The van der Waals surface area contributed by atoms with Crippen LogP contribution in [0.1, 0.15) is 15.9 Å². The van der Waals surface area contributed by atoms with Gasteiger partial charge in [-0.05, 0) is 29.8 Å². The molecular formula is C17H15F3N4O3. The van der Waals surface area contributed by atoms with Gasteiger partial charge in [-0.2, -0.15) is 13.2 Å². The van der Waals surface area contributed by atoms with Crippen molar-refractivity contribution in [2.45, 2.75) is 12.7 Å². The van der Waals surface area contributed by atoms with E-state index in [9.17, 15) is 27.6 Å². The number of anilines is 1. The van der Waals surface area contributed by atoms with Crippen LogP contribution in [0.4, 0.5) is 23.7 Å². The number of carbonyl (C=O) groups is 3. The summed E-state index contributed by atoms with van der Waals surface area (Å²) in [6, 6.07) is 13.7. The molecule has 0 saturated heterocycles. The molecule has 27 heavy (non-hydrogen) atoms. The fraction of sp³-hybridized carbons (Fsp3) is 0.118. The lowest BCUT2D eigenvalue weighted by atomic mass is 10.1. The molecular weight excluding hydrogens is 365 g/mol. The van der Waals surface area contributed by atoms with Gasteiger partial charge in [0.25, 0.3) is 5.91 Å². The van der Waals surface area contributed by atoms with Crippen LogP contribution in [0, 0.1) is 0 Å². The molecule has 0 atom stereocenters. The summed E-state index contributed by atoms with van der Waals surface area (Å²) in [6.45, 7) is 0.131. The number of para-hydroxylation sites is 1. The van der Waals surface area contributed by atoms with Gasteiger partial charge in [-0.15, -0.1) is 0 Å². The topological polar surface area (TPSA) is 105 Å². The summed E-state index contributed by atoms with van der Waals surface area (Å²) in [7, 11) is 0. The molecule has 10 heteroatoms. The average molecular weight is 380 g/mol.